The van der Waals surface area contributed by atoms with Gasteiger partial charge < -0.3 is 16.3 Å². The van der Waals surface area contributed by atoms with Crippen LogP contribution in [0.5, 0.6) is 0 Å². The van der Waals surface area contributed by atoms with E-state index in [1.54, 1.807) is 0 Å². The second-order valence-electron chi connectivity index (χ2n) is 5.36. The summed E-state index contributed by atoms with van der Waals surface area (Å²) in [5.41, 5.74) is 4.94. The highest BCUT2D eigenvalue weighted by Gasteiger charge is 2.52. The highest BCUT2D eigenvalue weighted by molar-refractivity contribution is 8.06. The highest BCUT2D eigenvalue weighted by Crippen LogP contribution is 2.45. The number of amidine groups is 1. The largest absolute Gasteiger partial charge is 0.409 e. The Morgan fingerprint density at radius 1 is 1.53 bits per heavy atom. The van der Waals surface area contributed by atoms with Crippen molar-refractivity contribution in [1.82, 2.24) is 5.32 Å². The SMILES string of the molecule is CC1CC(C(=O)NCC2CSCCS2)(C(N)=NO)C1. The zero-order valence-corrected chi connectivity index (χ0v) is 12.7. The molecular weight excluding hydrogens is 282 g/mol. The van der Waals surface area contributed by atoms with Crippen LogP contribution in [-0.4, -0.2) is 46.0 Å². The van der Waals surface area contributed by atoms with Crippen molar-refractivity contribution in [1.29, 1.82) is 0 Å². The number of nitrogens with zero attached hydrogens (tertiary/aromatic N) is 1. The van der Waals surface area contributed by atoms with Crippen LogP contribution in [0, 0.1) is 11.3 Å². The normalized spacial score (nSPS) is 35.5. The lowest BCUT2D eigenvalue weighted by Gasteiger charge is -2.43. The standard InChI is InChI=1S/C12H21N3O2S2/c1-8-4-12(5-8,10(13)15-17)11(16)14-6-9-7-18-2-3-19-9/h8-9,17H,2-7H2,1H3,(H2,13,15)(H,14,16). The molecule has 19 heavy (non-hydrogen) atoms. The smallest absolute Gasteiger partial charge is 0.234 e. The summed E-state index contributed by atoms with van der Waals surface area (Å²) in [6.07, 6.45) is 1.34. The topological polar surface area (TPSA) is 87.7 Å². The van der Waals surface area contributed by atoms with E-state index in [2.05, 4.69) is 17.4 Å². The Balaban J connectivity index is 1.90. The lowest BCUT2D eigenvalue weighted by molar-refractivity contribution is -0.133. The number of rotatable bonds is 4. The number of hydrogen-bond donors (Lipinski definition) is 3. The van der Waals surface area contributed by atoms with Crippen LogP contribution in [0.4, 0.5) is 0 Å². The van der Waals surface area contributed by atoms with E-state index in [4.69, 9.17) is 10.9 Å². The molecule has 1 heterocycles. The summed E-state index contributed by atoms with van der Waals surface area (Å²) in [4.78, 5) is 12.3. The Hall–Kier alpha value is -0.560. The molecule has 0 aromatic heterocycles. The zero-order valence-electron chi connectivity index (χ0n) is 11.1. The summed E-state index contributed by atoms with van der Waals surface area (Å²) in [7, 11) is 0. The van der Waals surface area contributed by atoms with E-state index in [0.717, 1.165) is 11.5 Å². The zero-order chi connectivity index (χ0) is 13.9. The minimum atomic E-state index is -0.777. The van der Waals surface area contributed by atoms with E-state index in [0.29, 0.717) is 30.6 Å². The number of nitrogens with one attached hydrogen (secondary N) is 1. The van der Waals surface area contributed by atoms with Gasteiger partial charge in [-0.3, -0.25) is 4.79 Å². The van der Waals surface area contributed by atoms with Gasteiger partial charge in [0.15, 0.2) is 5.84 Å². The molecule has 0 spiro atoms. The molecule has 1 aliphatic carbocycles. The highest BCUT2D eigenvalue weighted by atomic mass is 32.2. The molecule has 1 unspecified atom stereocenters. The van der Waals surface area contributed by atoms with Crippen LogP contribution < -0.4 is 11.1 Å². The minimum Gasteiger partial charge on any atom is -0.409 e. The second-order valence-corrected chi connectivity index (χ2v) is 7.92. The van der Waals surface area contributed by atoms with E-state index in [1.807, 2.05) is 23.5 Å². The van der Waals surface area contributed by atoms with Crippen LogP contribution in [0.15, 0.2) is 5.16 Å². The number of thioether (sulfide) groups is 2. The molecule has 1 saturated carbocycles. The summed E-state index contributed by atoms with van der Waals surface area (Å²) in [6, 6.07) is 0. The van der Waals surface area contributed by atoms with Crippen molar-refractivity contribution in [3.05, 3.63) is 0 Å². The van der Waals surface area contributed by atoms with Crippen molar-refractivity contribution < 1.29 is 10.0 Å². The van der Waals surface area contributed by atoms with Gasteiger partial charge >= 0.3 is 0 Å². The van der Waals surface area contributed by atoms with Crippen molar-refractivity contribution in [2.24, 2.45) is 22.2 Å². The van der Waals surface area contributed by atoms with Crippen LogP contribution in [-0.2, 0) is 4.79 Å². The predicted molar refractivity (Wildman–Crippen MR) is 80.8 cm³/mol. The fourth-order valence-corrected chi connectivity index (χ4v) is 5.38. The minimum absolute atomic E-state index is 0.0498. The van der Waals surface area contributed by atoms with Crippen molar-refractivity contribution in [2.75, 3.05) is 23.8 Å². The summed E-state index contributed by atoms with van der Waals surface area (Å²) in [5, 5.41) is 15.4. The molecule has 7 heteroatoms. The molecule has 1 amide bonds. The Labute approximate surface area is 122 Å². The number of amides is 1. The first-order valence-corrected chi connectivity index (χ1v) is 8.74. The van der Waals surface area contributed by atoms with Gasteiger partial charge in [0.05, 0.1) is 0 Å². The van der Waals surface area contributed by atoms with E-state index >= 15 is 0 Å². The monoisotopic (exact) mass is 303 g/mol. The molecule has 0 radical (unpaired) electrons. The molecule has 1 saturated heterocycles. The fourth-order valence-electron chi connectivity index (χ4n) is 2.77. The Bertz CT molecular complexity index is 364. The molecule has 0 aromatic rings. The van der Waals surface area contributed by atoms with Gasteiger partial charge in [0.2, 0.25) is 5.91 Å². The van der Waals surface area contributed by atoms with Gasteiger partial charge in [0, 0.05) is 29.1 Å². The molecule has 108 valence electrons. The lowest BCUT2D eigenvalue weighted by atomic mass is 9.61. The average molecular weight is 303 g/mol. The Kier molecular flexibility index (Phi) is 4.89. The second kappa shape index (κ2) is 6.26. The van der Waals surface area contributed by atoms with E-state index < -0.39 is 5.41 Å². The van der Waals surface area contributed by atoms with Crippen LogP contribution in [0.1, 0.15) is 19.8 Å². The van der Waals surface area contributed by atoms with Crippen LogP contribution in [0.25, 0.3) is 0 Å². The fraction of sp³-hybridized carbons (Fsp3) is 0.833. The first kappa shape index (κ1) is 14.8. The lowest BCUT2D eigenvalue weighted by Crippen LogP contribution is -2.57. The maximum absolute atomic E-state index is 12.3. The van der Waals surface area contributed by atoms with Gasteiger partial charge in [-0.1, -0.05) is 12.1 Å². The van der Waals surface area contributed by atoms with Gasteiger partial charge in [0.1, 0.15) is 5.41 Å². The van der Waals surface area contributed by atoms with Crippen LogP contribution in [0.2, 0.25) is 0 Å². The number of nitrogens with two attached hydrogens (primary N) is 1. The van der Waals surface area contributed by atoms with E-state index in [1.165, 1.54) is 5.75 Å². The van der Waals surface area contributed by atoms with Gasteiger partial charge in [-0.25, -0.2) is 0 Å². The van der Waals surface area contributed by atoms with Gasteiger partial charge in [-0.05, 0) is 18.8 Å². The first-order valence-electron chi connectivity index (χ1n) is 6.54. The molecule has 0 aromatic carbocycles. The average Bonchev–Trinajstić information content (AvgIpc) is 2.41. The molecular formula is C12H21N3O2S2. The third kappa shape index (κ3) is 3.13. The molecule has 2 rings (SSSR count). The number of carbonyl (C=O) groups excluding carboxylic acids is 1. The van der Waals surface area contributed by atoms with Crippen molar-refractivity contribution in [3.63, 3.8) is 0 Å². The van der Waals surface area contributed by atoms with E-state index in [9.17, 15) is 4.79 Å². The van der Waals surface area contributed by atoms with Gasteiger partial charge in [0.25, 0.3) is 0 Å². The number of hydrogen-bond acceptors (Lipinski definition) is 5. The van der Waals surface area contributed by atoms with E-state index in [-0.39, 0.29) is 11.7 Å². The van der Waals surface area contributed by atoms with Gasteiger partial charge in [-0.2, -0.15) is 23.5 Å². The summed E-state index contributed by atoms with van der Waals surface area (Å²) < 4.78 is 0. The maximum atomic E-state index is 12.3. The molecule has 2 fully saturated rings. The molecule has 0 bridgehead atoms. The van der Waals surface area contributed by atoms with Crippen molar-refractivity contribution in [2.45, 2.75) is 25.0 Å². The number of carbonyl (C=O) groups is 1. The van der Waals surface area contributed by atoms with Crippen molar-refractivity contribution in [3.8, 4) is 0 Å². The van der Waals surface area contributed by atoms with Gasteiger partial charge in [-0.15, -0.1) is 0 Å². The predicted octanol–water partition coefficient (Wildman–Crippen LogP) is 1.11. The van der Waals surface area contributed by atoms with Crippen LogP contribution in [0.3, 0.4) is 0 Å². The molecule has 1 atom stereocenters. The molecule has 5 nitrogen and oxygen atoms in total. The Morgan fingerprint density at radius 3 is 2.79 bits per heavy atom. The summed E-state index contributed by atoms with van der Waals surface area (Å²) in [6.45, 7) is 2.75. The quantitative estimate of drug-likeness (QED) is 0.313. The maximum Gasteiger partial charge on any atom is 0.234 e. The van der Waals surface area contributed by atoms with Crippen molar-refractivity contribution >= 4 is 35.3 Å². The summed E-state index contributed by atoms with van der Waals surface area (Å²) in [5.74, 6) is 3.84. The number of oxime groups is 1. The molecule has 1 aliphatic heterocycles. The third-order valence-corrected chi connectivity index (χ3v) is 6.65. The third-order valence-electron chi connectivity index (χ3n) is 3.80. The Morgan fingerprint density at radius 2 is 2.26 bits per heavy atom. The first-order chi connectivity index (χ1) is 9.08. The molecule has 4 N–H and O–H groups in total. The molecule has 2 aliphatic rings. The van der Waals surface area contributed by atoms with Crippen LogP contribution >= 0.6 is 23.5 Å². The summed E-state index contributed by atoms with van der Waals surface area (Å²) >= 11 is 3.84.